The van der Waals surface area contributed by atoms with Crippen molar-refractivity contribution in [3.63, 3.8) is 0 Å². The van der Waals surface area contributed by atoms with Gasteiger partial charge in [0, 0.05) is 20.1 Å². The highest BCUT2D eigenvalue weighted by atomic mass is 127. The summed E-state index contributed by atoms with van der Waals surface area (Å²) in [7, 11) is -2.07. The van der Waals surface area contributed by atoms with Crippen LogP contribution < -0.4 is 15.8 Å². The maximum atomic E-state index is 12.9. The van der Waals surface area contributed by atoms with Gasteiger partial charge in [0.15, 0.2) is 5.96 Å². The number of nitrogens with one attached hydrogen (secondary N) is 2. The first-order valence-electron chi connectivity index (χ1n) is 7.69. The Morgan fingerprint density at radius 3 is 2.42 bits per heavy atom. The number of primary sulfonamides is 1. The van der Waals surface area contributed by atoms with Crippen LogP contribution in [-0.2, 0) is 23.0 Å². The molecule has 0 saturated heterocycles. The maximum absolute atomic E-state index is 12.9. The summed E-state index contributed by atoms with van der Waals surface area (Å²) in [6.07, 6.45) is 0.724. The van der Waals surface area contributed by atoms with Gasteiger partial charge in [-0.25, -0.2) is 17.9 Å². The molecule has 0 heterocycles. The number of nitrogens with zero attached hydrogens (tertiary/aromatic N) is 1. The minimum Gasteiger partial charge on any atom is -0.356 e. The number of aliphatic imine (C=N–C) groups is 1. The molecule has 0 aromatic heterocycles. The molecule has 0 aliphatic rings. The van der Waals surface area contributed by atoms with E-state index in [2.05, 4.69) is 15.6 Å². The zero-order chi connectivity index (χ0) is 18.3. The van der Waals surface area contributed by atoms with Gasteiger partial charge in [-0.05, 0) is 41.8 Å². The van der Waals surface area contributed by atoms with Gasteiger partial charge in [0.2, 0.25) is 10.0 Å². The zero-order valence-corrected chi connectivity index (χ0v) is 17.4. The van der Waals surface area contributed by atoms with Gasteiger partial charge >= 0.3 is 0 Å². The summed E-state index contributed by atoms with van der Waals surface area (Å²) < 4.78 is 35.6. The number of nitrogens with two attached hydrogens (primary N) is 1. The molecule has 0 aliphatic heterocycles. The Balaban J connectivity index is 0.00000338. The van der Waals surface area contributed by atoms with E-state index in [0.29, 0.717) is 19.0 Å². The summed E-state index contributed by atoms with van der Waals surface area (Å²) in [5, 5.41) is 11.4. The van der Waals surface area contributed by atoms with Crippen molar-refractivity contribution in [1.82, 2.24) is 10.6 Å². The molecule has 0 amide bonds. The largest absolute Gasteiger partial charge is 0.356 e. The standard InChI is InChI=1S/C17H21FN4O2S.HI/c1-20-17(21-10-9-13-5-7-15(18)8-6-13)22-12-14-3-2-4-16(11-14)25(19,23)24;/h2-8,11H,9-10,12H2,1H3,(H2,19,23,24)(H2,20,21,22);1H. The second kappa shape index (κ2) is 10.4. The Labute approximate surface area is 170 Å². The van der Waals surface area contributed by atoms with Crippen molar-refractivity contribution in [2.24, 2.45) is 10.1 Å². The predicted molar refractivity (Wildman–Crippen MR) is 112 cm³/mol. The molecule has 0 fully saturated rings. The lowest BCUT2D eigenvalue weighted by Gasteiger charge is -2.12. The summed E-state index contributed by atoms with van der Waals surface area (Å²) in [6.45, 7) is 1.03. The average Bonchev–Trinajstić information content (AvgIpc) is 2.59. The molecule has 0 bridgehead atoms. The zero-order valence-electron chi connectivity index (χ0n) is 14.3. The number of hydrogen-bond acceptors (Lipinski definition) is 3. The van der Waals surface area contributed by atoms with Gasteiger partial charge in [0.05, 0.1) is 4.90 Å². The molecule has 2 rings (SSSR count). The van der Waals surface area contributed by atoms with E-state index >= 15 is 0 Å². The van der Waals surface area contributed by atoms with Crippen molar-refractivity contribution >= 4 is 40.0 Å². The Bertz CT molecular complexity index is 842. The van der Waals surface area contributed by atoms with E-state index in [0.717, 1.165) is 17.5 Å². The SMILES string of the molecule is CN=C(NCCc1ccc(F)cc1)NCc1cccc(S(N)(=O)=O)c1.I. The van der Waals surface area contributed by atoms with Crippen LogP contribution in [0.25, 0.3) is 0 Å². The molecular weight excluding hydrogens is 470 g/mol. The molecule has 4 N–H and O–H groups in total. The third-order valence-corrected chi connectivity index (χ3v) is 4.44. The van der Waals surface area contributed by atoms with E-state index in [9.17, 15) is 12.8 Å². The van der Waals surface area contributed by atoms with Crippen LogP contribution in [0.5, 0.6) is 0 Å². The van der Waals surface area contributed by atoms with E-state index in [1.165, 1.54) is 24.3 Å². The van der Waals surface area contributed by atoms with Crippen LogP contribution in [0, 0.1) is 5.82 Å². The fraction of sp³-hybridized carbons (Fsp3) is 0.235. The lowest BCUT2D eigenvalue weighted by molar-refractivity contribution is 0.597. The topological polar surface area (TPSA) is 96.6 Å². The van der Waals surface area contributed by atoms with E-state index < -0.39 is 10.0 Å². The van der Waals surface area contributed by atoms with Crippen LogP contribution in [-0.4, -0.2) is 28.0 Å². The third-order valence-electron chi connectivity index (χ3n) is 3.53. The quantitative estimate of drug-likeness (QED) is 0.327. The summed E-state index contributed by atoms with van der Waals surface area (Å²) in [6, 6.07) is 12.8. The first-order chi connectivity index (χ1) is 11.9. The molecule has 0 spiro atoms. The smallest absolute Gasteiger partial charge is 0.238 e. The second-order valence-electron chi connectivity index (χ2n) is 5.42. The number of halogens is 2. The Kier molecular flexibility index (Phi) is 8.96. The predicted octanol–water partition coefficient (Wildman–Crippen LogP) is 2.00. The molecule has 2 aromatic rings. The molecule has 0 atom stereocenters. The van der Waals surface area contributed by atoms with Crippen molar-refractivity contribution < 1.29 is 12.8 Å². The minimum atomic E-state index is -3.72. The van der Waals surface area contributed by atoms with Gasteiger partial charge < -0.3 is 10.6 Å². The monoisotopic (exact) mass is 492 g/mol. The highest BCUT2D eigenvalue weighted by Gasteiger charge is 2.08. The normalized spacial score (nSPS) is 11.6. The van der Waals surface area contributed by atoms with Gasteiger partial charge in [-0.1, -0.05) is 24.3 Å². The minimum absolute atomic E-state index is 0. The molecule has 9 heteroatoms. The fourth-order valence-electron chi connectivity index (χ4n) is 2.22. The number of sulfonamides is 1. The van der Waals surface area contributed by atoms with Gasteiger partial charge in [-0.2, -0.15) is 0 Å². The van der Waals surface area contributed by atoms with Crippen LogP contribution in [0.2, 0.25) is 0 Å². The van der Waals surface area contributed by atoms with Crippen LogP contribution in [0.1, 0.15) is 11.1 Å². The van der Waals surface area contributed by atoms with Crippen molar-refractivity contribution in [2.75, 3.05) is 13.6 Å². The molecule has 0 unspecified atom stereocenters. The molecule has 142 valence electrons. The van der Waals surface area contributed by atoms with Crippen LogP contribution in [0.4, 0.5) is 4.39 Å². The maximum Gasteiger partial charge on any atom is 0.238 e. The first kappa shape index (κ1) is 22.3. The summed E-state index contributed by atoms with van der Waals surface area (Å²) in [4.78, 5) is 4.19. The number of hydrogen-bond donors (Lipinski definition) is 3. The van der Waals surface area contributed by atoms with E-state index in [1.54, 1.807) is 31.3 Å². The molecule has 2 aromatic carbocycles. The molecule has 0 radical (unpaired) electrons. The van der Waals surface area contributed by atoms with Crippen molar-refractivity contribution in [2.45, 2.75) is 17.9 Å². The summed E-state index contributed by atoms with van der Waals surface area (Å²) in [5.74, 6) is 0.332. The summed E-state index contributed by atoms with van der Waals surface area (Å²) >= 11 is 0. The van der Waals surface area contributed by atoms with Gasteiger partial charge in [-0.15, -0.1) is 24.0 Å². The second-order valence-corrected chi connectivity index (χ2v) is 6.98. The average molecular weight is 492 g/mol. The molecule has 26 heavy (non-hydrogen) atoms. The van der Waals surface area contributed by atoms with Gasteiger partial charge in [0.25, 0.3) is 0 Å². The molecule has 6 nitrogen and oxygen atoms in total. The highest BCUT2D eigenvalue weighted by Crippen LogP contribution is 2.09. The Morgan fingerprint density at radius 2 is 1.81 bits per heavy atom. The van der Waals surface area contributed by atoms with Crippen molar-refractivity contribution in [3.05, 3.63) is 65.5 Å². The van der Waals surface area contributed by atoms with Crippen molar-refractivity contribution in [1.29, 1.82) is 0 Å². The Hall–Kier alpha value is -1.72. The van der Waals surface area contributed by atoms with E-state index in [4.69, 9.17) is 5.14 Å². The van der Waals surface area contributed by atoms with E-state index in [-0.39, 0.29) is 34.7 Å². The van der Waals surface area contributed by atoms with Gasteiger partial charge in [0.1, 0.15) is 5.82 Å². The molecule has 0 aliphatic carbocycles. The highest BCUT2D eigenvalue weighted by molar-refractivity contribution is 14.0. The molecule has 0 saturated carbocycles. The lowest BCUT2D eigenvalue weighted by atomic mass is 10.1. The van der Waals surface area contributed by atoms with Crippen LogP contribution in [0.15, 0.2) is 58.4 Å². The number of rotatable bonds is 6. The van der Waals surface area contributed by atoms with Crippen molar-refractivity contribution in [3.8, 4) is 0 Å². The number of guanidine groups is 1. The first-order valence-corrected chi connectivity index (χ1v) is 9.24. The fourth-order valence-corrected chi connectivity index (χ4v) is 2.80. The summed E-state index contributed by atoms with van der Waals surface area (Å²) in [5.41, 5.74) is 1.79. The molecular formula is C17H22FIN4O2S. The van der Waals surface area contributed by atoms with Crippen LogP contribution >= 0.6 is 24.0 Å². The third kappa shape index (κ3) is 7.26. The van der Waals surface area contributed by atoms with Crippen LogP contribution in [0.3, 0.4) is 0 Å². The van der Waals surface area contributed by atoms with Gasteiger partial charge in [-0.3, -0.25) is 4.99 Å². The lowest BCUT2D eigenvalue weighted by Crippen LogP contribution is -2.37. The Morgan fingerprint density at radius 1 is 1.12 bits per heavy atom. The van der Waals surface area contributed by atoms with E-state index in [1.807, 2.05) is 0 Å². The number of benzene rings is 2.